The summed E-state index contributed by atoms with van der Waals surface area (Å²) < 4.78 is 2.32. The van der Waals surface area contributed by atoms with Crippen LogP contribution in [-0.4, -0.2) is 55.6 Å². The van der Waals surface area contributed by atoms with Gasteiger partial charge < -0.3 is 25.9 Å². The van der Waals surface area contributed by atoms with E-state index in [4.69, 9.17) is 39.6 Å². The Balaban J connectivity index is 0.000000353. The van der Waals surface area contributed by atoms with Crippen molar-refractivity contribution < 1.29 is 49.9 Å². The number of carboxylic acids is 4. The molecular weight excluding hydrogens is 476 g/mol. The molecule has 33 heavy (non-hydrogen) atoms. The minimum absolute atomic E-state index is 0. The Morgan fingerprint density at radius 3 is 1.15 bits per heavy atom. The van der Waals surface area contributed by atoms with Crippen molar-refractivity contribution in [3.05, 3.63) is 70.4 Å². The highest BCUT2D eigenvalue weighted by atomic mass is 32.1. The van der Waals surface area contributed by atoms with Crippen molar-refractivity contribution in [2.45, 2.75) is 0 Å². The van der Waals surface area contributed by atoms with Crippen LogP contribution < -0.4 is 0 Å². The largest absolute Gasteiger partial charge is 0.473 e. The molecule has 0 saturated heterocycles. The van der Waals surface area contributed by atoms with E-state index in [0.717, 1.165) is 31.3 Å². The molecule has 0 atom stereocenters. The van der Waals surface area contributed by atoms with Crippen molar-refractivity contribution in [3.63, 3.8) is 0 Å². The predicted octanol–water partition coefficient (Wildman–Crippen LogP) is 2.83. The SMILES string of the molecule is O.O=C(O)C(=O)O.O=C(O)C(=O)O.O=C(c1csc2ccccc12)c1csc2ccccc12. The summed E-state index contributed by atoms with van der Waals surface area (Å²) in [4.78, 5) is 49.2. The molecule has 0 amide bonds. The second-order valence-corrected chi connectivity index (χ2v) is 7.66. The van der Waals surface area contributed by atoms with E-state index in [9.17, 15) is 4.79 Å². The molecule has 10 nitrogen and oxygen atoms in total. The molecule has 12 heteroatoms. The highest BCUT2D eigenvalue weighted by Gasteiger charge is 2.17. The van der Waals surface area contributed by atoms with Gasteiger partial charge in [-0.05, 0) is 12.1 Å². The van der Waals surface area contributed by atoms with Gasteiger partial charge in [-0.15, -0.1) is 22.7 Å². The number of rotatable bonds is 2. The molecule has 0 saturated carbocycles. The Labute approximate surface area is 192 Å². The molecule has 0 fully saturated rings. The first-order chi connectivity index (χ1) is 15.1. The first-order valence-corrected chi connectivity index (χ1v) is 10.3. The van der Waals surface area contributed by atoms with E-state index in [0.29, 0.717) is 0 Å². The van der Waals surface area contributed by atoms with E-state index in [1.54, 1.807) is 22.7 Å². The minimum atomic E-state index is -1.82. The Bertz CT molecular complexity index is 1190. The summed E-state index contributed by atoms with van der Waals surface area (Å²) in [5, 5.41) is 35.6. The number of carbonyl (C=O) groups is 5. The molecule has 6 N–H and O–H groups in total. The Morgan fingerprint density at radius 1 is 0.545 bits per heavy atom. The van der Waals surface area contributed by atoms with E-state index in [2.05, 4.69) is 12.1 Å². The summed E-state index contributed by atoms with van der Waals surface area (Å²) in [5.41, 5.74) is 1.63. The molecule has 2 heterocycles. The van der Waals surface area contributed by atoms with Crippen molar-refractivity contribution >= 4 is 72.5 Å². The standard InChI is InChI=1S/C17H10OS2.2C2H2O4.H2O/c18-17(13-9-19-15-7-3-1-5-11(13)15)14-10-20-16-8-4-2-6-12(14)16;2*3-1(4)2(5)6;/h1-10H;2*(H,3,4)(H,5,6);1H2. The van der Waals surface area contributed by atoms with Gasteiger partial charge in [-0.3, -0.25) is 4.79 Å². The Kier molecular flexibility index (Phi) is 9.82. The van der Waals surface area contributed by atoms with Gasteiger partial charge >= 0.3 is 23.9 Å². The third kappa shape index (κ3) is 6.93. The molecule has 2 aromatic carbocycles. The summed E-state index contributed by atoms with van der Waals surface area (Å²) in [6.07, 6.45) is 0. The van der Waals surface area contributed by atoms with Crippen molar-refractivity contribution in [1.82, 2.24) is 0 Å². The van der Waals surface area contributed by atoms with Crippen LogP contribution in [0.4, 0.5) is 0 Å². The summed E-state index contributed by atoms with van der Waals surface area (Å²) in [6, 6.07) is 16.1. The minimum Gasteiger partial charge on any atom is -0.473 e. The number of aliphatic carboxylic acids is 4. The van der Waals surface area contributed by atoms with Gasteiger partial charge in [0, 0.05) is 42.1 Å². The van der Waals surface area contributed by atoms with Crippen LogP contribution in [0.15, 0.2) is 59.3 Å². The molecule has 0 radical (unpaired) electrons. The van der Waals surface area contributed by atoms with E-state index < -0.39 is 23.9 Å². The smallest absolute Gasteiger partial charge is 0.414 e. The number of hydrogen-bond donors (Lipinski definition) is 4. The monoisotopic (exact) mass is 492 g/mol. The van der Waals surface area contributed by atoms with Crippen LogP contribution in [0.3, 0.4) is 0 Å². The van der Waals surface area contributed by atoms with Crippen LogP contribution in [0, 0.1) is 0 Å². The second kappa shape index (κ2) is 12.0. The summed E-state index contributed by atoms with van der Waals surface area (Å²) in [5.74, 6) is -7.17. The van der Waals surface area contributed by atoms with Crippen LogP contribution in [0.25, 0.3) is 20.2 Å². The van der Waals surface area contributed by atoms with Gasteiger partial charge in [-0.2, -0.15) is 0 Å². The van der Waals surface area contributed by atoms with Gasteiger partial charge in [0.25, 0.3) is 0 Å². The van der Waals surface area contributed by atoms with E-state index in [1.807, 2.05) is 47.2 Å². The lowest BCUT2D eigenvalue weighted by Gasteiger charge is -1.98. The molecular formula is C21H16O10S2. The third-order valence-electron chi connectivity index (χ3n) is 3.82. The second-order valence-electron chi connectivity index (χ2n) is 5.84. The topological polar surface area (TPSA) is 198 Å². The third-order valence-corrected chi connectivity index (χ3v) is 5.74. The Hall–Kier alpha value is -4.13. The van der Waals surface area contributed by atoms with Gasteiger partial charge in [0.1, 0.15) is 0 Å². The molecule has 0 aliphatic heterocycles. The quantitative estimate of drug-likeness (QED) is 0.240. The molecule has 4 aromatic rings. The molecule has 172 valence electrons. The van der Waals surface area contributed by atoms with Crippen molar-refractivity contribution in [2.75, 3.05) is 0 Å². The fraction of sp³-hybridized carbons (Fsp3) is 0. The zero-order valence-electron chi connectivity index (χ0n) is 16.4. The van der Waals surface area contributed by atoms with Gasteiger partial charge in [0.2, 0.25) is 0 Å². The molecule has 0 aliphatic carbocycles. The van der Waals surface area contributed by atoms with Crippen LogP contribution in [-0.2, 0) is 19.2 Å². The summed E-state index contributed by atoms with van der Waals surface area (Å²) >= 11 is 3.26. The number of hydrogen-bond acceptors (Lipinski definition) is 7. The first-order valence-electron chi connectivity index (χ1n) is 8.53. The van der Waals surface area contributed by atoms with E-state index >= 15 is 0 Å². The zero-order chi connectivity index (χ0) is 23.8. The molecule has 4 rings (SSSR count). The lowest BCUT2D eigenvalue weighted by atomic mass is 10.0. The first kappa shape index (κ1) is 26.9. The number of thiophene rings is 2. The summed E-state index contributed by atoms with van der Waals surface area (Å²) in [6.45, 7) is 0. The van der Waals surface area contributed by atoms with Crippen LogP contribution in [0.2, 0.25) is 0 Å². The number of ketones is 1. The highest BCUT2D eigenvalue weighted by Crippen LogP contribution is 2.32. The predicted molar refractivity (Wildman–Crippen MR) is 121 cm³/mol. The highest BCUT2D eigenvalue weighted by molar-refractivity contribution is 7.18. The normalized spacial score (nSPS) is 9.45. The fourth-order valence-electron chi connectivity index (χ4n) is 2.45. The van der Waals surface area contributed by atoms with Crippen LogP contribution in [0.5, 0.6) is 0 Å². The van der Waals surface area contributed by atoms with Gasteiger partial charge in [0.15, 0.2) is 5.78 Å². The zero-order valence-corrected chi connectivity index (χ0v) is 18.1. The lowest BCUT2D eigenvalue weighted by molar-refractivity contribution is -0.159. The lowest BCUT2D eigenvalue weighted by Crippen LogP contribution is -2.09. The Morgan fingerprint density at radius 2 is 0.848 bits per heavy atom. The summed E-state index contributed by atoms with van der Waals surface area (Å²) in [7, 11) is 0. The van der Waals surface area contributed by atoms with Crippen LogP contribution >= 0.6 is 22.7 Å². The van der Waals surface area contributed by atoms with Crippen molar-refractivity contribution in [1.29, 1.82) is 0 Å². The molecule has 2 aromatic heterocycles. The fourth-order valence-corrected chi connectivity index (χ4v) is 4.33. The van der Waals surface area contributed by atoms with Gasteiger partial charge in [-0.1, -0.05) is 36.4 Å². The average Bonchev–Trinajstić information content (AvgIpc) is 3.38. The average molecular weight is 492 g/mol. The van der Waals surface area contributed by atoms with Crippen molar-refractivity contribution in [3.8, 4) is 0 Å². The number of fused-ring (bicyclic) bond motifs is 2. The number of benzene rings is 2. The van der Waals surface area contributed by atoms with Gasteiger partial charge in [0.05, 0.1) is 0 Å². The van der Waals surface area contributed by atoms with E-state index in [1.165, 1.54) is 0 Å². The molecule has 0 spiro atoms. The molecule has 0 bridgehead atoms. The number of carboxylic acid groups (broad SMARTS) is 4. The van der Waals surface area contributed by atoms with E-state index in [-0.39, 0.29) is 11.3 Å². The molecule has 0 aliphatic rings. The molecule has 0 unspecified atom stereocenters. The van der Waals surface area contributed by atoms with Crippen LogP contribution in [0.1, 0.15) is 15.9 Å². The maximum atomic E-state index is 12.8. The number of carbonyl (C=O) groups excluding carboxylic acids is 1. The maximum Gasteiger partial charge on any atom is 0.414 e. The maximum absolute atomic E-state index is 12.8. The van der Waals surface area contributed by atoms with Crippen molar-refractivity contribution in [2.24, 2.45) is 0 Å². The van der Waals surface area contributed by atoms with Gasteiger partial charge in [-0.25, -0.2) is 19.2 Å².